The number of sulfonamides is 1. The van der Waals surface area contributed by atoms with E-state index in [1.165, 1.54) is 0 Å². The average molecular weight is 238 g/mol. The number of hydrogen-bond donors (Lipinski definition) is 2. The first-order valence-corrected chi connectivity index (χ1v) is 6.60. The molecule has 0 radical (unpaired) electrons. The van der Waals surface area contributed by atoms with Crippen molar-refractivity contribution >= 4 is 16.0 Å². The van der Waals surface area contributed by atoms with Gasteiger partial charge in [-0.15, -0.1) is 0 Å². The molecule has 1 unspecified atom stereocenters. The van der Waals surface area contributed by atoms with Crippen molar-refractivity contribution in [2.24, 2.45) is 0 Å². The lowest BCUT2D eigenvalue weighted by Gasteiger charge is -2.12. The molecule has 0 aromatic carbocycles. The van der Waals surface area contributed by atoms with Gasteiger partial charge in [0, 0.05) is 13.1 Å². The van der Waals surface area contributed by atoms with Gasteiger partial charge in [0.05, 0.1) is 12.9 Å². The van der Waals surface area contributed by atoms with Crippen LogP contribution >= 0.6 is 0 Å². The van der Waals surface area contributed by atoms with Gasteiger partial charge < -0.3 is 10.1 Å². The van der Waals surface area contributed by atoms with Gasteiger partial charge in [0.1, 0.15) is 6.04 Å². The second-order valence-electron chi connectivity index (χ2n) is 3.09. The van der Waals surface area contributed by atoms with Crippen LogP contribution in [0.5, 0.6) is 0 Å². The first-order valence-electron chi connectivity index (χ1n) is 4.71. The lowest BCUT2D eigenvalue weighted by molar-refractivity contribution is -0.145. The first kappa shape index (κ1) is 14.3. The highest BCUT2D eigenvalue weighted by Crippen LogP contribution is 1.86. The molecule has 0 rings (SSSR count). The van der Waals surface area contributed by atoms with Crippen molar-refractivity contribution in [1.29, 1.82) is 0 Å². The normalized spacial score (nSPS) is 13.5. The van der Waals surface area contributed by atoms with Crippen LogP contribution in [-0.4, -0.2) is 46.4 Å². The SMILES string of the molecule is CCOC(=O)C(C)NCCNS(C)(=O)=O. The third kappa shape index (κ3) is 8.34. The summed E-state index contributed by atoms with van der Waals surface area (Å²) < 4.78 is 28.4. The zero-order valence-corrected chi connectivity index (χ0v) is 10.1. The molecular weight excluding hydrogens is 220 g/mol. The summed E-state index contributed by atoms with van der Waals surface area (Å²) in [4.78, 5) is 11.1. The summed E-state index contributed by atoms with van der Waals surface area (Å²) in [5, 5.41) is 2.84. The highest BCUT2D eigenvalue weighted by molar-refractivity contribution is 7.88. The Kier molecular flexibility index (Phi) is 6.46. The van der Waals surface area contributed by atoms with E-state index in [4.69, 9.17) is 4.74 Å². The van der Waals surface area contributed by atoms with Gasteiger partial charge >= 0.3 is 5.97 Å². The zero-order valence-electron chi connectivity index (χ0n) is 9.24. The van der Waals surface area contributed by atoms with Crippen molar-refractivity contribution in [2.75, 3.05) is 26.0 Å². The van der Waals surface area contributed by atoms with Gasteiger partial charge in [-0.3, -0.25) is 4.79 Å². The van der Waals surface area contributed by atoms with Crippen LogP contribution in [-0.2, 0) is 19.6 Å². The van der Waals surface area contributed by atoms with Crippen molar-refractivity contribution in [3.63, 3.8) is 0 Å². The van der Waals surface area contributed by atoms with E-state index in [0.717, 1.165) is 6.26 Å². The summed E-state index contributed by atoms with van der Waals surface area (Å²) in [5.41, 5.74) is 0. The van der Waals surface area contributed by atoms with Crippen LogP contribution in [0.2, 0.25) is 0 Å². The maximum atomic E-state index is 11.1. The van der Waals surface area contributed by atoms with E-state index in [0.29, 0.717) is 13.2 Å². The van der Waals surface area contributed by atoms with Crippen LogP contribution in [0, 0.1) is 0 Å². The summed E-state index contributed by atoms with van der Waals surface area (Å²) in [6.07, 6.45) is 1.09. The quantitative estimate of drug-likeness (QED) is 0.442. The molecule has 15 heavy (non-hydrogen) atoms. The highest BCUT2D eigenvalue weighted by atomic mass is 32.2. The van der Waals surface area contributed by atoms with Crippen molar-refractivity contribution < 1.29 is 17.9 Å². The fourth-order valence-corrected chi connectivity index (χ4v) is 1.35. The van der Waals surface area contributed by atoms with Crippen molar-refractivity contribution in [3.05, 3.63) is 0 Å². The van der Waals surface area contributed by atoms with E-state index >= 15 is 0 Å². The molecule has 2 N–H and O–H groups in total. The summed E-state index contributed by atoms with van der Waals surface area (Å²) >= 11 is 0. The minimum absolute atomic E-state index is 0.253. The molecule has 0 aliphatic carbocycles. The van der Waals surface area contributed by atoms with Gasteiger partial charge in [-0.25, -0.2) is 13.1 Å². The Morgan fingerprint density at radius 1 is 1.40 bits per heavy atom. The number of nitrogens with one attached hydrogen (secondary N) is 2. The average Bonchev–Trinajstić information content (AvgIpc) is 2.11. The van der Waals surface area contributed by atoms with E-state index in [9.17, 15) is 13.2 Å². The highest BCUT2D eigenvalue weighted by Gasteiger charge is 2.12. The number of carbonyl (C=O) groups excluding carboxylic acids is 1. The van der Waals surface area contributed by atoms with Gasteiger partial charge in [-0.05, 0) is 13.8 Å². The van der Waals surface area contributed by atoms with Crippen molar-refractivity contribution in [2.45, 2.75) is 19.9 Å². The molecule has 0 amide bonds. The zero-order chi connectivity index (χ0) is 11.9. The summed E-state index contributed by atoms with van der Waals surface area (Å²) in [6.45, 7) is 4.37. The Morgan fingerprint density at radius 2 is 2.00 bits per heavy atom. The third-order valence-electron chi connectivity index (χ3n) is 1.58. The second kappa shape index (κ2) is 6.76. The molecule has 0 saturated heterocycles. The second-order valence-corrected chi connectivity index (χ2v) is 4.93. The fourth-order valence-electron chi connectivity index (χ4n) is 0.876. The molecule has 0 saturated carbocycles. The number of ether oxygens (including phenoxy) is 1. The van der Waals surface area contributed by atoms with E-state index in [1.807, 2.05) is 0 Å². The van der Waals surface area contributed by atoms with Crippen LogP contribution < -0.4 is 10.0 Å². The molecule has 0 aromatic rings. The van der Waals surface area contributed by atoms with Crippen LogP contribution in [0.15, 0.2) is 0 Å². The predicted molar refractivity (Wildman–Crippen MR) is 56.9 cm³/mol. The van der Waals surface area contributed by atoms with Gasteiger partial charge in [0.2, 0.25) is 10.0 Å². The Hall–Kier alpha value is -0.660. The van der Waals surface area contributed by atoms with Gasteiger partial charge in [-0.1, -0.05) is 0 Å². The lowest BCUT2D eigenvalue weighted by Crippen LogP contribution is -2.40. The molecule has 6 nitrogen and oxygen atoms in total. The monoisotopic (exact) mass is 238 g/mol. The number of hydrogen-bond acceptors (Lipinski definition) is 5. The van der Waals surface area contributed by atoms with Crippen molar-refractivity contribution in [3.8, 4) is 0 Å². The molecule has 0 heterocycles. The number of carbonyl (C=O) groups is 1. The van der Waals surface area contributed by atoms with Crippen LogP contribution in [0.4, 0.5) is 0 Å². The molecule has 7 heteroatoms. The Balaban J connectivity index is 3.64. The van der Waals surface area contributed by atoms with E-state index in [-0.39, 0.29) is 12.5 Å². The Labute approximate surface area is 90.4 Å². The molecular formula is C8H18N2O4S. The molecule has 0 spiro atoms. The Morgan fingerprint density at radius 3 is 2.47 bits per heavy atom. The molecule has 0 aliphatic heterocycles. The molecule has 0 aliphatic rings. The van der Waals surface area contributed by atoms with Gasteiger partial charge in [-0.2, -0.15) is 0 Å². The topological polar surface area (TPSA) is 84.5 Å². The Bertz CT molecular complexity index is 289. The fraction of sp³-hybridized carbons (Fsp3) is 0.875. The first-order chi connectivity index (χ1) is 6.87. The maximum Gasteiger partial charge on any atom is 0.322 e. The molecule has 90 valence electrons. The maximum absolute atomic E-state index is 11.1. The van der Waals surface area contributed by atoms with Crippen LogP contribution in [0.1, 0.15) is 13.8 Å². The van der Waals surface area contributed by atoms with E-state index < -0.39 is 16.1 Å². The molecule has 0 fully saturated rings. The summed E-state index contributed by atoms with van der Waals surface area (Å²) in [7, 11) is -3.16. The molecule has 0 aromatic heterocycles. The van der Waals surface area contributed by atoms with E-state index in [2.05, 4.69) is 10.0 Å². The van der Waals surface area contributed by atoms with Gasteiger partial charge in [0.15, 0.2) is 0 Å². The molecule has 1 atom stereocenters. The largest absolute Gasteiger partial charge is 0.465 e. The van der Waals surface area contributed by atoms with Crippen molar-refractivity contribution in [1.82, 2.24) is 10.0 Å². The number of esters is 1. The third-order valence-corrected chi connectivity index (χ3v) is 2.31. The predicted octanol–water partition coefficient (Wildman–Crippen LogP) is -0.923. The smallest absolute Gasteiger partial charge is 0.322 e. The van der Waals surface area contributed by atoms with Gasteiger partial charge in [0.25, 0.3) is 0 Å². The standard InChI is InChI=1S/C8H18N2O4S/c1-4-14-8(11)7(2)9-5-6-10-15(3,12)13/h7,9-10H,4-6H2,1-3H3. The van der Waals surface area contributed by atoms with Crippen LogP contribution in [0.25, 0.3) is 0 Å². The summed E-state index contributed by atoms with van der Waals surface area (Å²) in [6, 6.07) is -0.425. The minimum Gasteiger partial charge on any atom is -0.465 e. The lowest BCUT2D eigenvalue weighted by atomic mass is 10.3. The van der Waals surface area contributed by atoms with E-state index in [1.54, 1.807) is 13.8 Å². The number of rotatable bonds is 7. The summed E-state index contributed by atoms with van der Waals surface area (Å²) in [5.74, 6) is -0.336. The molecule has 0 bridgehead atoms. The van der Waals surface area contributed by atoms with Crippen LogP contribution in [0.3, 0.4) is 0 Å². The minimum atomic E-state index is -3.16.